The third-order valence-electron chi connectivity index (χ3n) is 2.82. The number of esters is 1. The lowest BCUT2D eigenvalue weighted by Crippen LogP contribution is -2.04. The van der Waals surface area contributed by atoms with Crippen LogP contribution >= 0.6 is 11.8 Å². The monoisotopic (exact) mass is 266 g/mol. The van der Waals surface area contributed by atoms with Gasteiger partial charge in [-0.15, -0.1) is 11.8 Å². The molecule has 100 valence electrons. The molecule has 0 aliphatic rings. The quantitative estimate of drug-likeness (QED) is 0.399. The van der Waals surface area contributed by atoms with Gasteiger partial charge in [-0.05, 0) is 36.8 Å². The van der Waals surface area contributed by atoms with E-state index in [0.29, 0.717) is 11.5 Å². The fraction of sp³-hybridized carbons (Fsp3) is 0.533. The number of aryl methyl sites for hydroxylation is 1. The summed E-state index contributed by atoms with van der Waals surface area (Å²) in [5.74, 6) is 0.180. The average molecular weight is 266 g/mol. The van der Waals surface area contributed by atoms with Gasteiger partial charge in [-0.1, -0.05) is 38.3 Å². The second-order valence-corrected chi connectivity index (χ2v) is 5.16. The van der Waals surface area contributed by atoms with Gasteiger partial charge in [-0.25, -0.2) is 4.79 Å². The largest absolute Gasteiger partial charge is 0.451 e. The van der Waals surface area contributed by atoms with Crippen LogP contribution in [0.3, 0.4) is 0 Å². The van der Waals surface area contributed by atoms with Gasteiger partial charge >= 0.3 is 5.97 Å². The Morgan fingerprint density at radius 3 is 2.50 bits per heavy atom. The van der Waals surface area contributed by atoms with E-state index in [2.05, 4.69) is 6.92 Å². The summed E-state index contributed by atoms with van der Waals surface area (Å²) in [6.45, 7) is 2.22. The van der Waals surface area contributed by atoms with E-state index in [1.807, 2.05) is 30.5 Å². The van der Waals surface area contributed by atoms with Crippen molar-refractivity contribution in [1.29, 1.82) is 0 Å². The van der Waals surface area contributed by atoms with Crippen molar-refractivity contribution in [2.24, 2.45) is 0 Å². The van der Waals surface area contributed by atoms with Crippen LogP contribution < -0.4 is 0 Å². The van der Waals surface area contributed by atoms with Gasteiger partial charge in [0, 0.05) is 0 Å². The smallest absolute Gasteiger partial charge is 0.338 e. The van der Waals surface area contributed by atoms with Gasteiger partial charge in [0.05, 0.1) is 5.56 Å². The molecule has 2 nitrogen and oxygen atoms in total. The zero-order valence-electron chi connectivity index (χ0n) is 11.3. The molecule has 0 saturated carbocycles. The van der Waals surface area contributed by atoms with Crippen LogP contribution in [-0.4, -0.2) is 18.2 Å². The van der Waals surface area contributed by atoms with E-state index in [4.69, 9.17) is 4.74 Å². The lowest BCUT2D eigenvalue weighted by molar-refractivity contribution is 0.0579. The number of thioether (sulfide) groups is 1. The Labute approximate surface area is 114 Å². The number of carbonyl (C=O) groups excluding carboxylic acids is 1. The molecule has 18 heavy (non-hydrogen) atoms. The standard InChI is InChI=1S/C15H22O2S/c1-3-4-5-6-7-13-8-10-14(11-9-13)15(16)17-12-18-2/h8-11H,3-7,12H2,1-2H3. The zero-order valence-corrected chi connectivity index (χ0v) is 12.1. The molecule has 0 atom stereocenters. The van der Waals surface area contributed by atoms with Crippen molar-refractivity contribution in [3.8, 4) is 0 Å². The van der Waals surface area contributed by atoms with E-state index < -0.39 is 0 Å². The predicted molar refractivity (Wildman–Crippen MR) is 78.1 cm³/mol. The molecule has 0 unspecified atom stereocenters. The molecule has 0 saturated heterocycles. The first-order valence-corrected chi connectivity index (χ1v) is 7.92. The summed E-state index contributed by atoms with van der Waals surface area (Å²) < 4.78 is 5.05. The van der Waals surface area contributed by atoms with Crippen molar-refractivity contribution >= 4 is 17.7 Å². The third-order valence-corrected chi connectivity index (χ3v) is 3.17. The summed E-state index contributed by atoms with van der Waals surface area (Å²) >= 11 is 1.50. The molecule has 0 aromatic heterocycles. The van der Waals surface area contributed by atoms with Crippen LogP contribution in [0.15, 0.2) is 24.3 Å². The van der Waals surface area contributed by atoms with Crippen molar-refractivity contribution in [3.63, 3.8) is 0 Å². The van der Waals surface area contributed by atoms with E-state index in [0.717, 1.165) is 6.42 Å². The minimum Gasteiger partial charge on any atom is -0.451 e. The molecule has 1 aromatic rings. The van der Waals surface area contributed by atoms with Gasteiger partial charge in [-0.2, -0.15) is 0 Å². The van der Waals surface area contributed by atoms with Crippen molar-refractivity contribution < 1.29 is 9.53 Å². The number of unbranched alkanes of at least 4 members (excludes halogenated alkanes) is 3. The Hall–Kier alpha value is -0.960. The Kier molecular flexibility index (Phi) is 7.58. The lowest BCUT2D eigenvalue weighted by Gasteiger charge is -2.04. The molecule has 0 bridgehead atoms. The van der Waals surface area contributed by atoms with Crippen molar-refractivity contribution in [2.45, 2.75) is 39.0 Å². The molecule has 0 radical (unpaired) electrons. The summed E-state index contributed by atoms with van der Waals surface area (Å²) in [7, 11) is 0. The van der Waals surface area contributed by atoms with Crippen LogP contribution in [0.4, 0.5) is 0 Å². The van der Waals surface area contributed by atoms with Crippen molar-refractivity contribution in [1.82, 2.24) is 0 Å². The molecule has 1 rings (SSSR count). The Morgan fingerprint density at radius 2 is 1.89 bits per heavy atom. The van der Waals surface area contributed by atoms with Gasteiger partial charge in [-0.3, -0.25) is 0 Å². The molecule has 0 aliphatic heterocycles. The van der Waals surface area contributed by atoms with Crippen LogP contribution in [0.5, 0.6) is 0 Å². The first-order valence-electron chi connectivity index (χ1n) is 6.53. The summed E-state index contributed by atoms with van der Waals surface area (Å²) in [5, 5.41) is 0. The molecular weight excluding hydrogens is 244 g/mol. The molecule has 0 spiro atoms. The van der Waals surface area contributed by atoms with Crippen LogP contribution in [0, 0.1) is 0 Å². The number of hydrogen-bond acceptors (Lipinski definition) is 3. The highest BCUT2D eigenvalue weighted by Crippen LogP contribution is 2.11. The highest BCUT2D eigenvalue weighted by molar-refractivity contribution is 7.98. The summed E-state index contributed by atoms with van der Waals surface area (Å²) in [6.07, 6.45) is 8.09. The van der Waals surface area contributed by atoms with Crippen LogP contribution in [0.2, 0.25) is 0 Å². The van der Waals surface area contributed by atoms with E-state index >= 15 is 0 Å². The normalized spacial score (nSPS) is 10.3. The number of rotatable bonds is 8. The minimum absolute atomic E-state index is 0.234. The fourth-order valence-electron chi connectivity index (χ4n) is 1.76. The van der Waals surface area contributed by atoms with Gasteiger partial charge in [0.2, 0.25) is 0 Å². The molecule has 1 aromatic carbocycles. The topological polar surface area (TPSA) is 26.3 Å². The maximum atomic E-state index is 11.6. The molecule has 0 N–H and O–H groups in total. The molecule has 0 aliphatic carbocycles. The number of hydrogen-bond donors (Lipinski definition) is 0. The highest BCUT2D eigenvalue weighted by atomic mass is 32.2. The molecule has 3 heteroatoms. The van der Waals surface area contributed by atoms with E-state index in [1.165, 1.54) is 43.0 Å². The predicted octanol–water partition coefficient (Wildman–Crippen LogP) is 4.29. The summed E-state index contributed by atoms with van der Waals surface area (Å²) in [4.78, 5) is 11.6. The first-order chi connectivity index (χ1) is 8.77. The number of carbonyl (C=O) groups is 1. The fourth-order valence-corrected chi connectivity index (χ4v) is 1.98. The molecule has 0 fully saturated rings. The lowest BCUT2D eigenvalue weighted by atomic mass is 10.0. The SMILES string of the molecule is CCCCCCc1ccc(C(=O)OCSC)cc1. The molecule has 0 heterocycles. The minimum atomic E-state index is -0.234. The Bertz CT molecular complexity index is 346. The van der Waals surface area contributed by atoms with Crippen molar-refractivity contribution in [2.75, 3.05) is 12.2 Å². The zero-order chi connectivity index (χ0) is 13.2. The van der Waals surface area contributed by atoms with Crippen molar-refractivity contribution in [3.05, 3.63) is 35.4 Å². The van der Waals surface area contributed by atoms with Gasteiger partial charge in [0.15, 0.2) is 0 Å². The molecular formula is C15H22O2S. The second kappa shape index (κ2) is 9.03. The van der Waals surface area contributed by atoms with E-state index in [9.17, 15) is 4.79 Å². The van der Waals surface area contributed by atoms with Crippen LogP contribution in [0.1, 0.15) is 48.5 Å². The maximum Gasteiger partial charge on any atom is 0.338 e. The Balaban J connectivity index is 2.39. The number of benzene rings is 1. The van der Waals surface area contributed by atoms with Gasteiger partial charge in [0.1, 0.15) is 5.94 Å². The van der Waals surface area contributed by atoms with E-state index in [-0.39, 0.29) is 5.97 Å². The highest BCUT2D eigenvalue weighted by Gasteiger charge is 2.05. The van der Waals surface area contributed by atoms with Gasteiger partial charge < -0.3 is 4.74 Å². The third kappa shape index (κ3) is 5.58. The summed E-state index contributed by atoms with van der Waals surface area (Å²) in [6, 6.07) is 7.78. The number of ether oxygens (including phenoxy) is 1. The van der Waals surface area contributed by atoms with Crippen LogP contribution in [0.25, 0.3) is 0 Å². The van der Waals surface area contributed by atoms with Gasteiger partial charge in [0.25, 0.3) is 0 Å². The summed E-state index contributed by atoms with van der Waals surface area (Å²) in [5.41, 5.74) is 1.94. The van der Waals surface area contributed by atoms with Crippen LogP contribution in [-0.2, 0) is 11.2 Å². The average Bonchev–Trinajstić information content (AvgIpc) is 2.41. The molecule has 0 amide bonds. The first kappa shape index (κ1) is 15.1. The maximum absolute atomic E-state index is 11.6. The Morgan fingerprint density at radius 1 is 1.17 bits per heavy atom. The van der Waals surface area contributed by atoms with E-state index in [1.54, 1.807) is 0 Å². The second-order valence-electron chi connectivity index (χ2n) is 4.35.